The molecule has 0 aromatic heterocycles. The van der Waals surface area contributed by atoms with E-state index in [0.717, 1.165) is 36.5 Å². The molecular weight excluding hydrogens is 350 g/mol. The molecule has 0 bridgehead atoms. The Morgan fingerprint density at radius 3 is 2.11 bits per heavy atom. The quantitative estimate of drug-likeness (QED) is 0.438. The van der Waals surface area contributed by atoms with Crippen LogP contribution in [0.25, 0.3) is 0 Å². The number of benzene rings is 1. The van der Waals surface area contributed by atoms with Crippen LogP contribution in [0, 0.1) is 35.3 Å². The summed E-state index contributed by atoms with van der Waals surface area (Å²) in [6, 6.07) is 3.64. The maximum absolute atomic E-state index is 14.5. The average Bonchev–Trinajstić information content (AvgIpc) is 2.72. The lowest BCUT2D eigenvalue weighted by Crippen LogP contribution is -2.23. The summed E-state index contributed by atoms with van der Waals surface area (Å²) in [5.74, 6) is 2.46. The second-order valence-electron chi connectivity index (χ2n) is 9.80. The molecule has 28 heavy (non-hydrogen) atoms. The Morgan fingerprint density at radius 1 is 0.857 bits per heavy atom. The summed E-state index contributed by atoms with van der Waals surface area (Å²) in [6.07, 6.45) is 14.8. The number of hydrogen-bond donors (Lipinski definition) is 0. The minimum atomic E-state index is -0.617. The van der Waals surface area contributed by atoms with Crippen LogP contribution in [0.1, 0.15) is 108 Å². The molecule has 2 aliphatic rings. The summed E-state index contributed by atoms with van der Waals surface area (Å²) < 4.78 is 28.7. The van der Waals surface area contributed by atoms with E-state index in [2.05, 4.69) is 13.8 Å². The standard InChI is InChI=1S/C26H40F2/c1-4-6-19-7-9-20(10-8-19)17-18(3)22-11-13-23(14-12-22)24-16-15-21(5-2)25(27)26(24)28/h15-16,18-20,22-23H,4-14,17H2,1-3H3. The van der Waals surface area contributed by atoms with E-state index >= 15 is 0 Å². The van der Waals surface area contributed by atoms with Crippen molar-refractivity contribution in [1.29, 1.82) is 0 Å². The van der Waals surface area contributed by atoms with E-state index < -0.39 is 11.6 Å². The molecule has 0 N–H and O–H groups in total. The number of halogens is 2. The van der Waals surface area contributed by atoms with Crippen molar-refractivity contribution >= 4 is 0 Å². The maximum Gasteiger partial charge on any atom is 0.162 e. The molecule has 0 amide bonds. The largest absolute Gasteiger partial charge is 0.203 e. The molecular formula is C26H40F2. The molecule has 0 radical (unpaired) electrons. The Labute approximate surface area is 171 Å². The van der Waals surface area contributed by atoms with Crippen LogP contribution in [0.5, 0.6) is 0 Å². The molecule has 0 spiro atoms. The van der Waals surface area contributed by atoms with Crippen LogP contribution >= 0.6 is 0 Å². The molecule has 2 fully saturated rings. The van der Waals surface area contributed by atoms with Crippen molar-refractivity contribution in [3.05, 3.63) is 34.9 Å². The van der Waals surface area contributed by atoms with Crippen LogP contribution in [-0.4, -0.2) is 0 Å². The molecule has 158 valence electrons. The van der Waals surface area contributed by atoms with Gasteiger partial charge < -0.3 is 0 Å². The van der Waals surface area contributed by atoms with Crippen LogP contribution in [0.3, 0.4) is 0 Å². The molecule has 1 aromatic carbocycles. The normalized spacial score (nSPS) is 29.6. The third-order valence-corrected chi connectivity index (χ3v) is 7.96. The summed E-state index contributed by atoms with van der Waals surface area (Å²) in [5.41, 5.74) is 1.12. The summed E-state index contributed by atoms with van der Waals surface area (Å²) in [5, 5.41) is 0. The predicted octanol–water partition coefficient (Wildman–Crippen LogP) is 8.43. The molecule has 2 heteroatoms. The Hall–Kier alpha value is -0.920. The van der Waals surface area contributed by atoms with Crippen molar-refractivity contribution in [2.75, 3.05) is 0 Å². The van der Waals surface area contributed by atoms with E-state index in [4.69, 9.17) is 0 Å². The van der Waals surface area contributed by atoms with Crippen molar-refractivity contribution in [2.45, 2.75) is 104 Å². The van der Waals surface area contributed by atoms with Crippen LogP contribution in [0.2, 0.25) is 0 Å². The van der Waals surface area contributed by atoms with Crippen LogP contribution < -0.4 is 0 Å². The van der Waals surface area contributed by atoms with Gasteiger partial charge in [-0.2, -0.15) is 0 Å². The van der Waals surface area contributed by atoms with Gasteiger partial charge in [0.2, 0.25) is 0 Å². The molecule has 0 nitrogen and oxygen atoms in total. The van der Waals surface area contributed by atoms with Crippen LogP contribution in [0.4, 0.5) is 8.78 Å². The Kier molecular flexibility index (Phi) is 7.94. The topological polar surface area (TPSA) is 0 Å². The van der Waals surface area contributed by atoms with Crippen LogP contribution in [0.15, 0.2) is 12.1 Å². The highest BCUT2D eigenvalue weighted by atomic mass is 19.2. The van der Waals surface area contributed by atoms with Gasteiger partial charge in [-0.05, 0) is 79.2 Å². The molecule has 0 heterocycles. The summed E-state index contributed by atoms with van der Waals surface area (Å²) in [4.78, 5) is 0. The maximum atomic E-state index is 14.5. The lowest BCUT2D eigenvalue weighted by Gasteiger charge is -2.36. The second kappa shape index (κ2) is 10.2. The highest BCUT2D eigenvalue weighted by Crippen LogP contribution is 2.43. The van der Waals surface area contributed by atoms with Crippen molar-refractivity contribution in [2.24, 2.45) is 23.7 Å². The predicted molar refractivity (Wildman–Crippen MR) is 115 cm³/mol. The SMILES string of the molecule is CCCC1CCC(CC(C)C2CCC(c3ccc(CC)c(F)c3F)CC2)CC1. The number of hydrogen-bond acceptors (Lipinski definition) is 0. The lowest BCUT2D eigenvalue weighted by molar-refractivity contribution is 0.175. The Morgan fingerprint density at radius 2 is 1.50 bits per heavy atom. The van der Waals surface area contributed by atoms with Crippen molar-refractivity contribution in [1.82, 2.24) is 0 Å². The van der Waals surface area contributed by atoms with Crippen molar-refractivity contribution in [3.8, 4) is 0 Å². The van der Waals surface area contributed by atoms with E-state index in [-0.39, 0.29) is 5.92 Å². The van der Waals surface area contributed by atoms with Crippen molar-refractivity contribution in [3.63, 3.8) is 0 Å². The van der Waals surface area contributed by atoms with E-state index in [9.17, 15) is 8.78 Å². The molecule has 3 rings (SSSR count). The zero-order valence-corrected chi connectivity index (χ0v) is 18.3. The van der Waals surface area contributed by atoms with Crippen LogP contribution in [-0.2, 0) is 6.42 Å². The fourth-order valence-corrected chi connectivity index (χ4v) is 6.07. The van der Waals surface area contributed by atoms with Gasteiger partial charge in [-0.25, -0.2) is 8.78 Å². The first-order valence-electron chi connectivity index (χ1n) is 12.0. The van der Waals surface area contributed by atoms with Gasteiger partial charge in [-0.15, -0.1) is 0 Å². The molecule has 2 aliphatic carbocycles. The third-order valence-electron chi connectivity index (χ3n) is 7.96. The fourth-order valence-electron chi connectivity index (χ4n) is 6.07. The zero-order valence-electron chi connectivity index (χ0n) is 18.3. The minimum Gasteiger partial charge on any atom is -0.203 e. The zero-order chi connectivity index (χ0) is 20.1. The number of rotatable bonds is 7. The highest BCUT2D eigenvalue weighted by molar-refractivity contribution is 5.29. The minimum absolute atomic E-state index is 0.202. The molecule has 0 aliphatic heterocycles. The number of aryl methyl sites for hydroxylation is 1. The van der Waals surface area contributed by atoms with Gasteiger partial charge in [0.15, 0.2) is 11.6 Å². The van der Waals surface area contributed by atoms with Gasteiger partial charge >= 0.3 is 0 Å². The summed E-state index contributed by atoms with van der Waals surface area (Å²) in [7, 11) is 0. The van der Waals surface area contributed by atoms with Gasteiger partial charge in [-0.1, -0.05) is 71.4 Å². The lowest BCUT2D eigenvalue weighted by atomic mass is 9.70. The summed E-state index contributed by atoms with van der Waals surface area (Å²) >= 11 is 0. The van der Waals surface area contributed by atoms with E-state index in [1.54, 1.807) is 6.07 Å². The molecule has 2 saturated carbocycles. The molecule has 0 saturated heterocycles. The van der Waals surface area contributed by atoms with E-state index in [0.29, 0.717) is 17.5 Å². The van der Waals surface area contributed by atoms with Gasteiger partial charge in [0, 0.05) is 0 Å². The first-order chi connectivity index (χ1) is 13.5. The van der Waals surface area contributed by atoms with Gasteiger partial charge in [0.1, 0.15) is 0 Å². The van der Waals surface area contributed by atoms with E-state index in [1.807, 2.05) is 13.0 Å². The van der Waals surface area contributed by atoms with Gasteiger partial charge in [0.05, 0.1) is 0 Å². The van der Waals surface area contributed by atoms with Gasteiger partial charge in [-0.3, -0.25) is 0 Å². The average molecular weight is 391 g/mol. The Bertz CT molecular complexity index is 607. The van der Waals surface area contributed by atoms with Crippen molar-refractivity contribution < 1.29 is 8.78 Å². The molecule has 1 atom stereocenters. The summed E-state index contributed by atoms with van der Waals surface area (Å²) in [6.45, 7) is 6.63. The van der Waals surface area contributed by atoms with E-state index in [1.165, 1.54) is 57.8 Å². The molecule has 1 aromatic rings. The fraction of sp³-hybridized carbons (Fsp3) is 0.769. The first-order valence-corrected chi connectivity index (χ1v) is 12.0. The monoisotopic (exact) mass is 390 g/mol. The van der Waals surface area contributed by atoms with Gasteiger partial charge in [0.25, 0.3) is 0 Å². The smallest absolute Gasteiger partial charge is 0.162 e. The third kappa shape index (κ3) is 5.16. The molecule has 1 unspecified atom stereocenters. The second-order valence-corrected chi connectivity index (χ2v) is 9.80. The first kappa shape index (κ1) is 21.8. The highest BCUT2D eigenvalue weighted by Gasteiger charge is 2.30. The Balaban J connectivity index is 1.48.